The average Bonchev–Trinajstić information content (AvgIpc) is 3.47. The largest absolute Gasteiger partial charge is 0.359 e. The van der Waals surface area contributed by atoms with Crippen molar-refractivity contribution in [3.63, 3.8) is 0 Å². The highest BCUT2D eigenvalue weighted by atomic mass is 32.2. The summed E-state index contributed by atoms with van der Waals surface area (Å²) in [6.45, 7) is 5.29. The van der Waals surface area contributed by atoms with Crippen LogP contribution in [0.5, 0.6) is 0 Å². The molecular weight excluding hydrogens is 418 g/mol. The monoisotopic (exact) mass is 441 g/mol. The zero-order chi connectivity index (χ0) is 22.0. The Hall–Kier alpha value is -3.14. The number of nitrogens with zero attached hydrogens (tertiary/aromatic N) is 3. The van der Waals surface area contributed by atoms with E-state index >= 15 is 0 Å². The van der Waals surface area contributed by atoms with Gasteiger partial charge in [0.05, 0.1) is 0 Å². The summed E-state index contributed by atoms with van der Waals surface area (Å²) in [5.74, 6) is -0.289. The van der Waals surface area contributed by atoms with Gasteiger partial charge in [0.25, 0.3) is 11.8 Å². The van der Waals surface area contributed by atoms with Crippen molar-refractivity contribution in [1.82, 2.24) is 10.1 Å². The third-order valence-corrected chi connectivity index (χ3v) is 6.39. The van der Waals surface area contributed by atoms with Gasteiger partial charge in [-0.2, -0.15) is 4.99 Å². The third kappa shape index (κ3) is 4.79. The molecular formula is C21H23N5O4S. The molecule has 3 amide bonds. The second kappa shape index (κ2) is 8.93. The topological polar surface area (TPSA) is 117 Å². The predicted octanol–water partition coefficient (Wildman–Crippen LogP) is 2.97. The van der Waals surface area contributed by atoms with Gasteiger partial charge in [-0.15, -0.1) is 0 Å². The fraction of sp³-hybridized carbons (Fsp3) is 0.381. The minimum atomic E-state index is -0.490. The first-order valence-corrected chi connectivity index (χ1v) is 11.0. The average molecular weight is 442 g/mol. The minimum Gasteiger partial charge on any atom is -0.359 e. The second-order valence-electron chi connectivity index (χ2n) is 7.52. The molecule has 2 aliphatic rings. The number of aryl methyl sites for hydroxylation is 2. The number of likely N-dealkylation sites (tertiary alicyclic amines) is 1. The molecule has 1 aromatic heterocycles. The number of aliphatic imine (C=N–C) groups is 1. The van der Waals surface area contributed by atoms with Crippen molar-refractivity contribution in [3.8, 4) is 0 Å². The summed E-state index contributed by atoms with van der Waals surface area (Å²) in [6, 6.07) is 6.53. The van der Waals surface area contributed by atoms with E-state index in [-0.39, 0.29) is 24.1 Å². The number of thioether (sulfide) groups is 1. The van der Waals surface area contributed by atoms with Gasteiger partial charge in [0.1, 0.15) is 16.6 Å². The summed E-state index contributed by atoms with van der Waals surface area (Å²) in [5, 5.41) is 9.60. The van der Waals surface area contributed by atoms with Gasteiger partial charge < -0.3 is 20.1 Å². The highest BCUT2D eigenvalue weighted by Crippen LogP contribution is 2.29. The van der Waals surface area contributed by atoms with Crippen LogP contribution < -0.4 is 10.6 Å². The summed E-state index contributed by atoms with van der Waals surface area (Å²) >= 11 is 1.37. The third-order valence-electron chi connectivity index (χ3n) is 5.18. The smallest absolute Gasteiger partial charge is 0.262 e. The Morgan fingerprint density at radius 2 is 1.87 bits per heavy atom. The van der Waals surface area contributed by atoms with Crippen LogP contribution in [0.4, 0.5) is 11.4 Å². The van der Waals surface area contributed by atoms with Crippen molar-refractivity contribution in [3.05, 3.63) is 41.3 Å². The number of amidine groups is 1. The SMILES string of the molecule is Cc1noc(C)c1NC(=O)c1ccc(NC(=O)CC2SC(N3CCCC3)=NC2=O)cc1. The van der Waals surface area contributed by atoms with Crippen LogP contribution in [0.3, 0.4) is 0 Å². The molecule has 1 atom stereocenters. The number of hydrogen-bond donors (Lipinski definition) is 2. The van der Waals surface area contributed by atoms with Crippen LogP contribution >= 0.6 is 11.8 Å². The number of carbonyl (C=O) groups excluding carboxylic acids is 3. The maximum absolute atomic E-state index is 12.4. The molecule has 0 radical (unpaired) electrons. The Morgan fingerprint density at radius 1 is 1.16 bits per heavy atom. The molecule has 2 aliphatic heterocycles. The number of nitrogens with one attached hydrogen (secondary N) is 2. The van der Waals surface area contributed by atoms with Crippen molar-refractivity contribution >= 4 is 46.0 Å². The molecule has 9 nitrogen and oxygen atoms in total. The Balaban J connectivity index is 1.30. The lowest BCUT2D eigenvalue weighted by molar-refractivity contribution is -0.121. The van der Waals surface area contributed by atoms with E-state index in [0.29, 0.717) is 28.4 Å². The molecule has 0 spiro atoms. The Kier molecular flexibility index (Phi) is 6.08. The molecule has 1 saturated heterocycles. The van der Waals surface area contributed by atoms with Gasteiger partial charge >= 0.3 is 0 Å². The predicted molar refractivity (Wildman–Crippen MR) is 118 cm³/mol. The number of anilines is 2. The van der Waals surface area contributed by atoms with Crippen molar-refractivity contribution in [2.45, 2.75) is 38.4 Å². The van der Waals surface area contributed by atoms with Crippen molar-refractivity contribution in [1.29, 1.82) is 0 Å². The zero-order valence-corrected chi connectivity index (χ0v) is 18.1. The molecule has 1 unspecified atom stereocenters. The van der Waals surface area contributed by atoms with Gasteiger partial charge in [-0.05, 0) is 51.0 Å². The molecule has 0 saturated carbocycles. The lowest BCUT2D eigenvalue weighted by Crippen LogP contribution is -2.25. The summed E-state index contributed by atoms with van der Waals surface area (Å²) in [4.78, 5) is 43.2. The van der Waals surface area contributed by atoms with E-state index in [1.807, 2.05) is 0 Å². The highest BCUT2D eigenvalue weighted by molar-refractivity contribution is 8.15. The molecule has 1 aromatic carbocycles. The lowest BCUT2D eigenvalue weighted by atomic mass is 10.1. The minimum absolute atomic E-state index is 0.0542. The summed E-state index contributed by atoms with van der Waals surface area (Å²) in [6.07, 6.45) is 2.26. The van der Waals surface area contributed by atoms with E-state index in [1.165, 1.54) is 11.8 Å². The number of carbonyl (C=O) groups is 3. The maximum atomic E-state index is 12.4. The molecule has 3 heterocycles. The molecule has 4 rings (SSSR count). The molecule has 2 N–H and O–H groups in total. The number of amides is 3. The van der Waals surface area contributed by atoms with Crippen LogP contribution in [-0.4, -0.2) is 51.3 Å². The van der Waals surface area contributed by atoms with E-state index in [0.717, 1.165) is 31.1 Å². The van der Waals surface area contributed by atoms with Gasteiger partial charge in [-0.25, -0.2) is 0 Å². The molecule has 0 bridgehead atoms. The Labute approximate surface area is 183 Å². The first-order chi connectivity index (χ1) is 14.9. The van der Waals surface area contributed by atoms with Crippen molar-refractivity contribution in [2.24, 2.45) is 4.99 Å². The second-order valence-corrected chi connectivity index (χ2v) is 8.69. The zero-order valence-electron chi connectivity index (χ0n) is 17.3. The van der Waals surface area contributed by atoms with Crippen LogP contribution in [0.1, 0.15) is 41.1 Å². The summed E-state index contributed by atoms with van der Waals surface area (Å²) < 4.78 is 5.04. The van der Waals surface area contributed by atoms with Crippen LogP contribution in [-0.2, 0) is 9.59 Å². The molecule has 162 valence electrons. The van der Waals surface area contributed by atoms with Gasteiger partial charge in [-0.3, -0.25) is 14.4 Å². The van der Waals surface area contributed by atoms with E-state index in [1.54, 1.807) is 38.1 Å². The van der Waals surface area contributed by atoms with Gasteiger partial charge in [-0.1, -0.05) is 16.9 Å². The van der Waals surface area contributed by atoms with E-state index in [4.69, 9.17) is 4.52 Å². The van der Waals surface area contributed by atoms with Gasteiger partial charge in [0, 0.05) is 30.8 Å². The van der Waals surface area contributed by atoms with Crippen molar-refractivity contribution < 1.29 is 18.9 Å². The fourth-order valence-electron chi connectivity index (χ4n) is 3.49. The molecule has 0 aliphatic carbocycles. The Morgan fingerprint density at radius 3 is 2.52 bits per heavy atom. The molecule has 10 heteroatoms. The highest BCUT2D eigenvalue weighted by Gasteiger charge is 2.33. The number of benzene rings is 1. The number of aromatic nitrogens is 1. The van der Waals surface area contributed by atoms with Crippen LogP contribution in [0.2, 0.25) is 0 Å². The lowest BCUT2D eigenvalue weighted by Gasteiger charge is -2.16. The van der Waals surface area contributed by atoms with Crippen LogP contribution in [0.15, 0.2) is 33.8 Å². The number of hydrogen-bond acceptors (Lipinski definition) is 7. The standard InChI is InChI=1S/C21H23N5O4S/c1-12-18(13(2)30-25-12)23-19(28)14-5-7-15(8-6-14)22-17(27)11-16-20(29)24-21(31-16)26-9-3-4-10-26/h5-8,16H,3-4,9-11H2,1-2H3,(H,22,27)(H,23,28). The number of rotatable bonds is 5. The van der Waals surface area contributed by atoms with E-state index in [9.17, 15) is 14.4 Å². The van der Waals surface area contributed by atoms with Crippen molar-refractivity contribution in [2.75, 3.05) is 23.7 Å². The normalized spacial score (nSPS) is 18.3. The molecule has 31 heavy (non-hydrogen) atoms. The molecule has 2 aromatic rings. The van der Waals surface area contributed by atoms with E-state index < -0.39 is 5.25 Å². The molecule has 1 fully saturated rings. The van der Waals surface area contributed by atoms with Crippen LogP contribution in [0.25, 0.3) is 0 Å². The first kappa shape index (κ1) is 21.1. The van der Waals surface area contributed by atoms with Gasteiger partial charge in [0.2, 0.25) is 5.91 Å². The summed E-state index contributed by atoms with van der Waals surface area (Å²) in [7, 11) is 0. The maximum Gasteiger partial charge on any atom is 0.262 e. The Bertz CT molecular complexity index is 1020. The quantitative estimate of drug-likeness (QED) is 0.732. The van der Waals surface area contributed by atoms with Gasteiger partial charge in [0.15, 0.2) is 10.9 Å². The summed E-state index contributed by atoms with van der Waals surface area (Å²) in [5.41, 5.74) is 2.14. The van der Waals surface area contributed by atoms with E-state index in [2.05, 4.69) is 25.7 Å². The fourth-order valence-corrected chi connectivity index (χ4v) is 4.60. The first-order valence-electron chi connectivity index (χ1n) is 10.1. The van der Waals surface area contributed by atoms with Crippen LogP contribution in [0, 0.1) is 13.8 Å².